The minimum Gasteiger partial charge on any atom is -0.756 e. The van der Waals surface area contributed by atoms with Gasteiger partial charge in [-0.3, -0.25) is 9.36 Å². The fraction of sp³-hybridized carbons (Fsp3) is 0.864. The standard InChI is InChI=1S/C22H45N2O6P/c1-6-8-10-12-13-15-21(25)20(23-22(26)16-14-11-9-7-2)19-30-31(27,28)29-18-17-24(3,4)5/h13,15,20-21,25H,6-12,14,16-19H2,1-5H3,(H-,23,26,27,28)/b15-13+. The fourth-order valence-corrected chi connectivity index (χ4v) is 3.46. The number of unbranched alkanes of at least 4 members (excludes halogenated alkanes) is 6. The Morgan fingerprint density at radius 1 is 1.10 bits per heavy atom. The Morgan fingerprint density at radius 2 is 1.74 bits per heavy atom. The number of allylic oxidation sites excluding steroid dienone is 1. The third kappa shape index (κ3) is 18.5. The number of phosphoric ester groups is 1. The molecule has 184 valence electrons. The zero-order valence-corrected chi connectivity index (χ0v) is 21.1. The van der Waals surface area contributed by atoms with Crippen LogP contribution in [0.2, 0.25) is 0 Å². The zero-order chi connectivity index (χ0) is 23.8. The van der Waals surface area contributed by atoms with Crippen molar-refractivity contribution in [1.29, 1.82) is 0 Å². The molecule has 0 fully saturated rings. The van der Waals surface area contributed by atoms with Crippen molar-refractivity contribution in [3.05, 3.63) is 12.2 Å². The molecule has 0 aromatic rings. The van der Waals surface area contributed by atoms with Crippen molar-refractivity contribution in [3.8, 4) is 0 Å². The van der Waals surface area contributed by atoms with Crippen LogP contribution in [-0.4, -0.2) is 68.5 Å². The van der Waals surface area contributed by atoms with Crippen molar-refractivity contribution < 1.29 is 32.9 Å². The highest BCUT2D eigenvalue weighted by molar-refractivity contribution is 7.45. The Balaban J connectivity index is 4.80. The summed E-state index contributed by atoms with van der Waals surface area (Å²) in [7, 11) is 1.24. The highest BCUT2D eigenvalue weighted by Crippen LogP contribution is 2.38. The van der Waals surface area contributed by atoms with E-state index in [0.717, 1.165) is 51.4 Å². The second-order valence-corrected chi connectivity index (χ2v) is 10.4. The van der Waals surface area contributed by atoms with Crippen LogP contribution in [0.3, 0.4) is 0 Å². The minimum absolute atomic E-state index is 0.00137. The molecule has 8 nitrogen and oxygen atoms in total. The number of hydrogen-bond donors (Lipinski definition) is 2. The van der Waals surface area contributed by atoms with E-state index in [2.05, 4.69) is 19.2 Å². The largest absolute Gasteiger partial charge is 0.756 e. The van der Waals surface area contributed by atoms with E-state index in [1.54, 1.807) is 6.08 Å². The van der Waals surface area contributed by atoms with Crippen LogP contribution >= 0.6 is 7.82 Å². The monoisotopic (exact) mass is 464 g/mol. The molecule has 0 saturated heterocycles. The first-order valence-electron chi connectivity index (χ1n) is 11.6. The number of phosphoric acid groups is 1. The van der Waals surface area contributed by atoms with E-state index < -0.39 is 20.0 Å². The molecular formula is C22H45N2O6P. The van der Waals surface area contributed by atoms with Gasteiger partial charge in [0.2, 0.25) is 5.91 Å². The van der Waals surface area contributed by atoms with Crippen molar-refractivity contribution in [3.63, 3.8) is 0 Å². The maximum Gasteiger partial charge on any atom is 0.268 e. The highest BCUT2D eigenvalue weighted by atomic mass is 31.2. The van der Waals surface area contributed by atoms with Gasteiger partial charge in [0.1, 0.15) is 13.2 Å². The molecule has 0 aromatic carbocycles. The van der Waals surface area contributed by atoms with Gasteiger partial charge in [-0.25, -0.2) is 0 Å². The van der Waals surface area contributed by atoms with E-state index in [1.165, 1.54) is 0 Å². The number of aliphatic hydroxyl groups is 1. The quantitative estimate of drug-likeness (QED) is 0.132. The molecule has 0 bridgehead atoms. The number of rotatable bonds is 19. The van der Waals surface area contributed by atoms with Crippen molar-refractivity contribution in [2.24, 2.45) is 0 Å². The number of carbonyl (C=O) groups excluding carboxylic acids is 1. The van der Waals surface area contributed by atoms with Gasteiger partial charge < -0.3 is 28.8 Å². The van der Waals surface area contributed by atoms with Gasteiger partial charge in [0.15, 0.2) is 0 Å². The summed E-state index contributed by atoms with van der Waals surface area (Å²) in [6.07, 6.45) is 10.6. The summed E-state index contributed by atoms with van der Waals surface area (Å²) in [5.74, 6) is -0.227. The average Bonchev–Trinajstić information content (AvgIpc) is 2.67. The maximum atomic E-state index is 12.3. The van der Waals surface area contributed by atoms with Crippen molar-refractivity contribution in [2.75, 3.05) is 40.9 Å². The van der Waals surface area contributed by atoms with Crippen LogP contribution in [0.1, 0.15) is 71.6 Å². The molecule has 31 heavy (non-hydrogen) atoms. The van der Waals surface area contributed by atoms with Crippen LogP contribution in [-0.2, 0) is 18.4 Å². The highest BCUT2D eigenvalue weighted by Gasteiger charge is 2.23. The molecule has 0 heterocycles. The van der Waals surface area contributed by atoms with Crippen LogP contribution in [0.15, 0.2) is 12.2 Å². The van der Waals surface area contributed by atoms with E-state index in [4.69, 9.17) is 9.05 Å². The van der Waals surface area contributed by atoms with Crippen molar-refractivity contribution >= 4 is 13.7 Å². The summed E-state index contributed by atoms with van der Waals surface area (Å²) in [6.45, 7) is 4.33. The third-order valence-electron chi connectivity index (χ3n) is 4.75. The number of aliphatic hydroxyl groups excluding tert-OH is 1. The minimum atomic E-state index is -4.53. The topological polar surface area (TPSA) is 108 Å². The van der Waals surface area contributed by atoms with Crippen LogP contribution in [0.5, 0.6) is 0 Å². The Labute approximate surface area is 189 Å². The number of hydrogen-bond acceptors (Lipinski definition) is 6. The van der Waals surface area contributed by atoms with Gasteiger partial charge in [-0.05, 0) is 19.3 Å². The number of likely N-dealkylation sites (N-methyl/N-ethyl adjacent to an activating group) is 1. The average molecular weight is 465 g/mol. The first kappa shape index (κ1) is 30.2. The van der Waals surface area contributed by atoms with E-state index in [1.807, 2.05) is 27.2 Å². The molecule has 0 rings (SSSR count). The Bertz CT molecular complexity index is 551. The van der Waals surface area contributed by atoms with Crippen LogP contribution < -0.4 is 10.2 Å². The van der Waals surface area contributed by atoms with Gasteiger partial charge in [-0.15, -0.1) is 0 Å². The number of quaternary nitrogens is 1. The lowest BCUT2D eigenvalue weighted by Gasteiger charge is -2.29. The number of nitrogens with zero attached hydrogens (tertiary/aromatic N) is 1. The second-order valence-electron chi connectivity index (χ2n) is 8.99. The molecule has 3 atom stereocenters. The molecule has 0 spiro atoms. The van der Waals surface area contributed by atoms with Crippen LogP contribution in [0.4, 0.5) is 0 Å². The first-order chi connectivity index (χ1) is 14.5. The molecule has 0 aliphatic heterocycles. The summed E-state index contributed by atoms with van der Waals surface area (Å²) in [6, 6.07) is -0.870. The smallest absolute Gasteiger partial charge is 0.268 e. The Morgan fingerprint density at radius 3 is 2.35 bits per heavy atom. The zero-order valence-electron chi connectivity index (χ0n) is 20.2. The van der Waals surface area contributed by atoms with Gasteiger partial charge in [-0.2, -0.15) is 0 Å². The Hall–Kier alpha value is -0.760. The van der Waals surface area contributed by atoms with Crippen molar-refractivity contribution in [2.45, 2.75) is 83.8 Å². The van der Waals surface area contributed by atoms with Gasteiger partial charge in [0.25, 0.3) is 7.82 Å². The van der Waals surface area contributed by atoms with Crippen molar-refractivity contribution in [1.82, 2.24) is 5.32 Å². The van der Waals surface area contributed by atoms with Crippen LogP contribution in [0.25, 0.3) is 0 Å². The SMILES string of the molecule is CCCCC/C=C/C(O)C(COP(=O)([O-])OCC[N+](C)(C)C)NC(=O)CCCCCC. The number of carbonyl (C=O) groups is 1. The molecule has 3 unspecified atom stereocenters. The molecular weight excluding hydrogens is 419 g/mol. The molecule has 2 N–H and O–H groups in total. The van der Waals surface area contributed by atoms with Gasteiger partial charge >= 0.3 is 0 Å². The fourth-order valence-electron chi connectivity index (χ4n) is 2.73. The van der Waals surface area contributed by atoms with Gasteiger partial charge in [-0.1, -0.05) is 58.1 Å². The number of amides is 1. The summed E-state index contributed by atoms with van der Waals surface area (Å²) in [5, 5.41) is 13.2. The molecule has 0 saturated carbocycles. The molecule has 0 radical (unpaired) electrons. The predicted octanol–water partition coefficient (Wildman–Crippen LogP) is 3.15. The van der Waals surface area contributed by atoms with Gasteiger partial charge in [0.05, 0.1) is 39.9 Å². The van der Waals surface area contributed by atoms with Gasteiger partial charge in [0, 0.05) is 6.42 Å². The molecule has 0 aliphatic rings. The predicted molar refractivity (Wildman–Crippen MR) is 122 cm³/mol. The molecule has 1 amide bonds. The Kier molecular flexibility index (Phi) is 16.4. The van der Waals surface area contributed by atoms with E-state index in [0.29, 0.717) is 17.4 Å². The van der Waals surface area contributed by atoms with E-state index >= 15 is 0 Å². The maximum absolute atomic E-state index is 12.3. The summed E-state index contributed by atoms with van der Waals surface area (Å²) in [5.41, 5.74) is 0. The normalized spacial score (nSPS) is 16.2. The van der Waals surface area contributed by atoms with Crippen LogP contribution in [0, 0.1) is 0 Å². The number of nitrogens with one attached hydrogen (secondary N) is 1. The third-order valence-corrected chi connectivity index (χ3v) is 5.71. The van der Waals surface area contributed by atoms with E-state index in [-0.39, 0.29) is 19.1 Å². The van der Waals surface area contributed by atoms with E-state index in [9.17, 15) is 19.4 Å². The second kappa shape index (κ2) is 16.8. The summed E-state index contributed by atoms with van der Waals surface area (Å²) < 4.78 is 22.5. The summed E-state index contributed by atoms with van der Waals surface area (Å²) >= 11 is 0. The summed E-state index contributed by atoms with van der Waals surface area (Å²) in [4.78, 5) is 24.3. The molecule has 0 aliphatic carbocycles. The first-order valence-corrected chi connectivity index (χ1v) is 13.0. The molecule has 0 aromatic heterocycles. The lowest BCUT2D eigenvalue weighted by Crippen LogP contribution is -2.45. The molecule has 9 heteroatoms. The lowest BCUT2D eigenvalue weighted by molar-refractivity contribution is -0.870. The lowest BCUT2D eigenvalue weighted by atomic mass is 10.1.